The molecule has 0 saturated heterocycles. The van der Waals surface area contributed by atoms with Gasteiger partial charge in [-0.3, -0.25) is 0 Å². The van der Waals surface area contributed by atoms with E-state index in [0.717, 1.165) is 40.8 Å². The van der Waals surface area contributed by atoms with Crippen LogP contribution in [0, 0.1) is 0 Å². The van der Waals surface area contributed by atoms with E-state index < -0.39 is 0 Å². The molecule has 3 rings (SSSR count). The van der Waals surface area contributed by atoms with E-state index in [2.05, 4.69) is 46.4 Å². The van der Waals surface area contributed by atoms with Gasteiger partial charge in [0.05, 0.1) is 17.2 Å². The monoisotopic (exact) mass is 498 g/mol. The summed E-state index contributed by atoms with van der Waals surface area (Å²) in [5.41, 5.74) is 0.783. The number of thiophene rings is 1. The molecule has 0 N–H and O–H groups in total. The van der Waals surface area contributed by atoms with E-state index in [-0.39, 0.29) is 0 Å². The predicted molar refractivity (Wildman–Crippen MR) is 145 cm³/mol. The van der Waals surface area contributed by atoms with Gasteiger partial charge in [0.25, 0.3) is 5.13 Å². The Balaban J connectivity index is 1.41. The standard InChI is InChI=1S/C27H38N4OS2/c1-3-5-7-9-11-13-21-32-23-17-15-22(16-18-23)28-30-27-31-29-26(34-27)25-20-19-24(33-25)14-12-10-8-6-4-2/h15-20H,3-14,21H2,1-2H3. The average molecular weight is 499 g/mol. The van der Waals surface area contributed by atoms with Crippen molar-refractivity contribution in [3.8, 4) is 15.6 Å². The highest BCUT2D eigenvalue weighted by Gasteiger charge is 2.09. The van der Waals surface area contributed by atoms with Gasteiger partial charge in [-0.1, -0.05) is 83.0 Å². The number of aryl methyl sites for hydroxylation is 1. The fourth-order valence-corrected chi connectivity index (χ4v) is 5.43. The third-order valence-electron chi connectivity index (χ3n) is 5.67. The maximum atomic E-state index is 5.83. The minimum absolute atomic E-state index is 0.577. The van der Waals surface area contributed by atoms with Crippen molar-refractivity contribution in [3.63, 3.8) is 0 Å². The van der Waals surface area contributed by atoms with Crippen molar-refractivity contribution in [2.24, 2.45) is 10.2 Å². The zero-order chi connectivity index (χ0) is 23.8. The molecule has 34 heavy (non-hydrogen) atoms. The first-order chi connectivity index (χ1) is 16.8. The van der Waals surface area contributed by atoms with E-state index in [0.29, 0.717) is 5.13 Å². The Kier molecular flexibility index (Phi) is 12.2. The van der Waals surface area contributed by atoms with E-state index in [1.807, 2.05) is 35.6 Å². The Morgan fingerprint density at radius 1 is 0.706 bits per heavy atom. The quantitative estimate of drug-likeness (QED) is 0.137. The van der Waals surface area contributed by atoms with Crippen LogP contribution in [0.4, 0.5) is 10.8 Å². The molecule has 0 fully saturated rings. The number of aromatic nitrogens is 2. The Labute approximate surface area is 212 Å². The molecule has 1 aromatic carbocycles. The molecule has 0 amide bonds. The highest BCUT2D eigenvalue weighted by Crippen LogP contribution is 2.34. The molecule has 0 aliphatic rings. The Bertz CT molecular complexity index is 965. The third-order valence-corrected chi connectivity index (χ3v) is 7.79. The second kappa shape index (κ2) is 15.7. The van der Waals surface area contributed by atoms with Crippen molar-refractivity contribution in [3.05, 3.63) is 41.3 Å². The number of azo groups is 1. The van der Waals surface area contributed by atoms with Crippen LogP contribution in [-0.4, -0.2) is 16.8 Å². The minimum Gasteiger partial charge on any atom is -0.494 e. The molecule has 0 radical (unpaired) electrons. The molecule has 3 aromatic rings. The molecule has 7 heteroatoms. The smallest absolute Gasteiger partial charge is 0.252 e. The Hall–Kier alpha value is -2.12. The fraction of sp³-hybridized carbons (Fsp3) is 0.556. The van der Waals surface area contributed by atoms with Gasteiger partial charge >= 0.3 is 0 Å². The summed E-state index contributed by atoms with van der Waals surface area (Å²) in [7, 11) is 0. The van der Waals surface area contributed by atoms with Crippen molar-refractivity contribution in [1.82, 2.24) is 10.2 Å². The molecule has 0 atom stereocenters. The normalized spacial score (nSPS) is 11.5. The maximum Gasteiger partial charge on any atom is 0.252 e. The molecule has 0 aliphatic heterocycles. The number of benzene rings is 1. The zero-order valence-corrected chi connectivity index (χ0v) is 22.3. The van der Waals surface area contributed by atoms with Crippen LogP contribution in [0.3, 0.4) is 0 Å². The van der Waals surface area contributed by atoms with Crippen molar-refractivity contribution in [1.29, 1.82) is 0 Å². The largest absolute Gasteiger partial charge is 0.494 e. The first-order valence-corrected chi connectivity index (χ1v) is 14.5. The lowest BCUT2D eigenvalue weighted by Gasteiger charge is -2.06. The van der Waals surface area contributed by atoms with Crippen LogP contribution >= 0.6 is 22.7 Å². The fourth-order valence-electron chi connectivity index (χ4n) is 3.67. The number of ether oxygens (including phenoxy) is 1. The molecule has 2 heterocycles. The van der Waals surface area contributed by atoms with Crippen molar-refractivity contribution in [2.75, 3.05) is 6.61 Å². The Morgan fingerprint density at radius 2 is 1.41 bits per heavy atom. The van der Waals surface area contributed by atoms with Gasteiger partial charge in [0.2, 0.25) is 0 Å². The minimum atomic E-state index is 0.577. The zero-order valence-electron chi connectivity index (χ0n) is 20.7. The number of nitrogens with zero attached hydrogens (tertiary/aromatic N) is 4. The van der Waals surface area contributed by atoms with Crippen molar-refractivity contribution >= 4 is 33.5 Å². The van der Waals surface area contributed by atoms with Crippen LogP contribution in [0.2, 0.25) is 0 Å². The maximum absolute atomic E-state index is 5.83. The molecule has 184 valence electrons. The first kappa shape index (κ1) is 26.5. The lowest BCUT2D eigenvalue weighted by Crippen LogP contribution is -1.96. The summed E-state index contributed by atoms with van der Waals surface area (Å²) in [5.74, 6) is 0.879. The summed E-state index contributed by atoms with van der Waals surface area (Å²) in [4.78, 5) is 2.58. The van der Waals surface area contributed by atoms with E-state index in [1.54, 1.807) is 0 Å². The lowest BCUT2D eigenvalue weighted by atomic mass is 10.1. The average Bonchev–Trinajstić information content (AvgIpc) is 3.52. The van der Waals surface area contributed by atoms with Gasteiger partial charge in [0.1, 0.15) is 5.75 Å². The van der Waals surface area contributed by atoms with Gasteiger partial charge in [-0.25, -0.2) is 0 Å². The van der Waals surface area contributed by atoms with E-state index in [4.69, 9.17) is 4.74 Å². The van der Waals surface area contributed by atoms with Crippen LogP contribution < -0.4 is 4.74 Å². The molecular weight excluding hydrogens is 460 g/mol. The highest BCUT2D eigenvalue weighted by molar-refractivity contribution is 7.23. The second-order valence-corrected chi connectivity index (χ2v) is 10.8. The van der Waals surface area contributed by atoms with Crippen LogP contribution in [0.25, 0.3) is 9.88 Å². The summed E-state index contributed by atoms with van der Waals surface area (Å²) < 4.78 is 5.83. The van der Waals surface area contributed by atoms with Gasteiger partial charge in [-0.2, -0.15) is 0 Å². The topological polar surface area (TPSA) is 59.7 Å². The third kappa shape index (κ3) is 9.63. The van der Waals surface area contributed by atoms with Crippen molar-refractivity contribution < 1.29 is 4.74 Å². The van der Waals surface area contributed by atoms with E-state index in [1.165, 1.54) is 80.4 Å². The molecule has 0 aliphatic carbocycles. The van der Waals surface area contributed by atoms with Gasteiger partial charge in [-0.05, 0) is 55.7 Å². The van der Waals surface area contributed by atoms with Crippen LogP contribution in [0.5, 0.6) is 5.75 Å². The number of hydrogen-bond donors (Lipinski definition) is 0. The van der Waals surface area contributed by atoms with Crippen LogP contribution in [0.15, 0.2) is 46.6 Å². The summed E-state index contributed by atoms with van der Waals surface area (Å²) in [6.07, 6.45) is 15.3. The molecule has 0 saturated carbocycles. The van der Waals surface area contributed by atoms with Gasteiger partial charge < -0.3 is 4.74 Å². The molecular formula is C27H38N4OS2. The summed E-state index contributed by atoms with van der Waals surface area (Å²) in [6.45, 7) is 5.27. The molecule has 0 bridgehead atoms. The van der Waals surface area contributed by atoms with Gasteiger partial charge in [0, 0.05) is 4.88 Å². The van der Waals surface area contributed by atoms with Crippen LogP contribution in [-0.2, 0) is 6.42 Å². The number of unbranched alkanes of at least 4 members (excludes halogenated alkanes) is 9. The van der Waals surface area contributed by atoms with E-state index >= 15 is 0 Å². The van der Waals surface area contributed by atoms with Crippen LogP contribution in [0.1, 0.15) is 89.4 Å². The van der Waals surface area contributed by atoms with E-state index in [9.17, 15) is 0 Å². The Morgan fingerprint density at radius 3 is 2.18 bits per heavy atom. The molecule has 2 aromatic heterocycles. The summed E-state index contributed by atoms with van der Waals surface area (Å²) >= 11 is 3.29. The van der Waals surface area contributed by atoms with Gasteiger partial charge in [0.15, 0.2) is 5.01 Å². The van der Waals surface area contributed by atoms with Crippen molar-refractivity contribution in [2.45, 2.75) is 90.9 Å². The predicted octanol–water partition coefficient (Wildman–Crippen LogP) is 9.93. The molecule has 5 nitrogen and oxygen atoms in total. The number of hydrogen-bond acceptors (Lipinski definition) is 7. The summed E-state index contributed by atoms with van der Waals surface area (Å²) in [5, 5.41) is 18.6. The lowest BCUT2D eigenvalue weighted by molar-refractivity contribution is 0.304. The number of rotatable bonds is 17. The summed E-state index contributed by atoms with van der Waals surface area (Å²) in [6, 6.07) is 12.1. The molecule has 0 spiro atoms. The SMILES string of the molecule is CCCCCCCCOc1ccc(N=Nc2nnc(-c3ccc(CCCCCCC)s3)s2)cc1. The molecule has 0 unspecified atom stereocenters. The highest BCUT2D eigenvalue weighted by atomic mass is 32.1. The first-order valence-electron chi connectivity index (χ1n) is 12.9. The van der Waals surface area contributed by atoms with Gasteiger partial charge in [-0.15, -0.1) is 31.8 Å². The second-order valence-electron chi connectivity index (χ2n) is 8.63.